The molecule has 6 nitrogen and oxygen atoms in total. The molecule has 2 aromatic carbocycles. The van der Waals surface area contributed by atoms with Crippen LogP contribution in [0, 0.1) is 0 Å². The van der Waals surface area contributed by atoms with Gasteiger partial charge in [0.25, 0.3) is 0 Å². The lowest BCUT2D eigenvalue weighted by Gasteiger charge is -2.30. The molecule has 1 aliphatic carbocycles. The number of rotatable bonds is 7. The Labute approximate surface area is 227 Å². The number of fused-ring (bicyclic) bond motifs is 1. The molecule has 1 N–H and O–H groups in total. The Bertz CT molecular complexity index is 1420. The summed E-state index contributed by atoms with van der Waals surface area (Å²) in [4.78, 5) is 6.65. The van der Waals surface area contributed by atoms with E-state index >= 15 is 0 Å². The molecule has 4 aromatic rings. The van der Waals surface area contributed by atoms with Gasteiger partial charge in [-0.15, -0.1) is 0 Å². The fraction of sp³-hybridized carbons (Fsp3) is 0.290. The normalized spacial score (nSPS) is 17.1. The van der Waals surface area contributed by atoms with Gasteiger partial charge in [-0.3, -0.25) is 9.88 Å². The van der Waals surface area contributed by atoms with Crippen LogP contribution < -0.4 is 4.74 Å². The number of benzene rings is 2. The highest BCUT2D eigenvalue weighted by molar-refractivity contribution is 6.30. The molecule has 1 fully saturated rings. The molecule has 0 atom stereocenters. The summed E-state index contributed by atoms with van der Waals surface area (Å²) in [5.74, 6) is 3.15. The molecule has 2 aliphatic rings. The van der Waals surface area contributed by atoms with E-state index in [1.54, 1.807) is 12.4 Å². The summed E-state index contributed by atoms with van der Waals surface area (Å²) in [6.07, 6.45) is 7.36. The molecule has 1 aliphatic heterocycles. The molecule has 38 heavy (non-hydrogen) atoms. The van der Waals surface area contributed by atoms with E-state index in [1.165, 1.54) is 5.56 Å². The molecular formula is C31H30ClN3O3. The predicted molar refractivity (Wildman–Crippen MR) is 149 cm³/mol. The van der Waals surface area contributed by atoms with Crippen molar-refractivity contribution in [1.29, 1.82) is 0 Å². The summed E-state index contributed by atoms with van der Waals surface area (Å²) in [5.41, 5.74) is 6.27. The smallest absolute Gasteiger partial charge is 0.142 e. The van der Waals surface area contributed by atoms with Crippen molar-refractivity contribution in [3.63, 3.8) is 0 Å². The third-order valence-corrected chi connectivity index (χ3v) is 7.90. The fourth-order valence-electron chi connectivity index (χ4n) is 5.55. The van der Waals surface area contributed by atoms with Crippen molar-refractivity contribution in [2.75, 3.05) is 26.2 Å². The number of hydrogen-bond donors (Lipinski definition) is 1. The van der Waals surface area contributed by atoms with E-state index in [-0.39, 0.29) is 0 Å². The first-order valence-corrected chi connectivity index (χ1v) is 13.5. The number of halogens is 1. The first-order valence-electron chi connectivity index (χ1n) is 13.2. The van der Waals surface area contributed by atoms with Gasteiger partial charge in [0.1, 0.15) is 23.9 Å². The van der Waals surface area contributed by atoms with Crippen molar-refractivity contribution < 1.29 is 14.4 Å². The Hall–Kier alpha value is -3.61. The molecule has 0 saturated carbocycles. The Morgan fingerprint density at radius 3 is 2.50 bits per heavy atom. The second kappa shape index (κ2) is 11.0. The van der Waals surface area contributed by atoms with Gasteiger partial charge in [0.2, 0.25) is 0 Å². The zero-order valence-corrected chi connectivity index (χ0v) is 21.9. The standard InChI is InChI=1S/C31H30ClN3O3/c32-25-3-5-26(6-4-25)37-18-17-35-15-11-21(12-16-35)30-20-28(31(38-30)22-9-13-33-14-10-22)24-1-7-27-23(19-24)2-8-29(27)34-36/h1,3-7,9-10,13-14,19-21,36H,2,8,11-12,15-18H2. The van der Waals surface area contributed by atoms with Crippen LogP contribution in [-0.2, 0) is 6.42 Å². The van der Waals surface area contributed by atoms with Gasteiger partial charge in [0.05, 0.1) is 5.71 Å². The maximum Gasteiger partial charge on any atom is 0.142 e. The highest BCUT2D eigenvalue weighted by Crippen LogP contribution is 2.41. The summed E-state index contributed by atoms with van der Waals surface area (Å²) in [7, 11) is 0. The van der Waals surface area contributed by atoms with Crippen LogP contribution in [-0.4, -0.2) is 47.0 Å². The van der Waals surface area contributed by atoms with Gasteiger partial charge in [-0.25, -0.2) is 0 Å². The Balaban J connectivity index is 1.17. The first-order chi connectivity index (χ1) is 18.7. The van der Waals surface area contributed by atoms with E-state index in [1.807, 2.05) is 36.4 Å². The summed E-state index contributed by atoms with van der Waals surface area (Å²) in [5, 5.41) is 13.5. The third-order valence-electron chi connectivity index (χ3n) is 7.65. The van der Waals surface area contributed by atoms with Crippen LogP contribution in [0.4, 0.5) is 0 Å². The SMILES string of the molecule is ON=C1CCc2cc(-c3cc(C4CCN(CCOc5ccc(Cl)cc5)CC4)oc3-c3ccncc3)ccc21. The molecule has 1 saturated heterocycles. The minimum absolute atomic E-state index is 0.375. The quantitative estimate of drug-likeness (QED) is 0.206. The van der Waals surface area contributed by atoms with Crippen LogP contribution in [0.25, 0.3) is 22.5 Å². The summed E-state index contributed by atoms with van der Waals surface area (Å²) >= 11 is 5.96. The number of aryl methyl sites for hydroxylation is 1. The van der Waals surface area contributed by atoms with Crippen molar-refractivity contribution in [3.05, 3.63) is 95.0 Å². The molecule has 3 heterocycles. The zero-order chi connectivity index (χ0) is 25.9. The highest BCUT2D eigenvalue weighted by atomic mass is 35.5. The second-order valence-electron chi connectivity index (χ2n) is 9.96. The lowest BCUT2D eigenvalue weighted by Crippen LogP contribution is -2.35. The van der Waals surface area contributed by atoms with Crippen molar-refractivity contribution in [2.24, 2.45) is 5.16 Å². The molecule has 6 rings (SSSR count). The van der Waals surface area contributed by atoms with Crippen LogP contribution >= 0.6 is 11.6 Å². The number of oxime groups is 1. The summed E-state index contributed by atoms with van der Waals surface area (Å²) in [6.45, 7) is 3.58. The Morgan fingerprint density at radius 1 is 0.947 bits per heavy atom. The molecule has 0 spiro atoms. The first kappa shape index (κ1) is 24.7. The van der Waals surface area contributed by atoms with Crippen LogP contribution in [0.5, 0.6) is 5.75 Å². The molecule has 0 radical (unpaired) electrons. The van der Waals surface area contributed by atoms with Gasteiger partial charge in [-0.1, -0.05) is 35.0 Å². The van der Waals surface area contributed by atoms with Crippen molar-refractivity contribution in [3.8, 4) is 28.2 Å². The molecule has 0 amide bonds. The predicted octanol–water partition coefficient (Wildman–Crippen LogP) is 7.04. The number of pyridine rings is 1. The number of likely N-dealkylation sites (tertiary alicyclic amines) is 1. The average molecular weight is 528 g/mol. The largest absolute Gasteiger partial charge is 0.492 e. The topological polar surface area (TPSA) is 71.1 Å². The maximum atomic E-state index is 9.32. The molecule has 7 heteroatoms. The number of aromatic nitrogens is 1. The molecule has 0 unspecified atom stereocenters. The average Bonchev–Trinajstić information content (AvgIpc) is 3.59. The van der Waals surface area contributed by atoms with Gasteiger partial charge in [-0.2, -0.15) is 0 Å². The summed E-state index contributed by atoms with van der Waals surface area (Å²) < 4.78 is 12.5. The van der Waals surface area contributed by atoms with Gasteiger partial charge in [-0.05, 0) is 92.4 Å². The highest BCUT2D eigenvalue weighted by Gasteiger charge is 2.26. The molecule has 0 bridgehead atoms. The van der Waals surface area contributed by atoms with Crippen LogP contribution in [0.3, 0.4) is 0 Å². The lowest BCUT2D eigenvalue weighted by atomic mass is 9.93. The van der Waals surface area contributed by atoms with Gasteiger partial charge < -0.3 is 14.4 Å². The van der Waals surface area contributed by atoms with Gasteiger partial charge in [0, 0.05) is 46.6 Å². The number of furan rings is 1. The number of piperidine rings is 1. The van der Waals surface area contributed by atoms with E-state index < -0.39 is 0 Å². The molecule has 194 valence electrons. The maximum absolute atomic E-state index is 9.32. The fourth-order valence-corrected chi connectivity index (χ4v) is 5.68. The molecule has 2 aromatic heterocycles. The summed E-state index contributed by atoms with van der Waals surface area (Å²) in [6, 6.07) is 20.1. The van der Waals surface area contributed by atoms with Crippen LogP contribution in [0.15, 0.2) is 82.6 Å². The second-order valence-corrected chi connectivity index (χ2v) is 10.4. The minimum Gasteiger partial charge on any atom is -0.492 e. The van der Waals surface area contributed by atoms with Crippen molar-refractivity contribution in [1.82, 2.24) is 9.88 Å². The monoisotopic (exact) mass is 527 g/mol. The van der Waals surface area contributed by atoms with Crippen LogP contribution in [0.1, 0.15) is 42.1 Å². The Morgan fingerprint density at radius 2 is 1.74 bits per heavy atom. The zero-order valence-electron chi connectivity index (χ0n) is 21.1. The van der Waals surface area contributed by atoms with Gasteiger partial charge in [0.15, 0.2) is 0 Å². The number of ether oxygens (including phenoxy) is 1. The molecular weight excluding hydrogens is 498 g/mol. The number of hydrogen-bond acceptors (Lipinski definition) is 6. The van der Waals surface area contributed by atoms with E-state index in [4.69, 9.17) is 20.8 Å². The van der Waals surface area contributed by atoms with E-state index in [0.717, 1.165) is 90.6 Å². The Kier molecular flexibility index (Phi) is 7.16. The lowest BCUT2D eigenvalue weighted by molar-refractivity contribution is 0.168. The van der Waals surface area contributed by atoms with Crippen LogP contribution in [0.2, 0.25) is 5.02 Å². The van der Waals surface area contributed by atoms with Crippen molar-refractivity contribution in [2.45, 2.75) is 31.6 Å². The van der Waals surface area contributed by atoms with E-state index in [0.29, 0.717) is 17.5 Å². The number of nitrogens with zero attached hydrogens (tertiary/aromatic N) is 3. The van der Waals surface area contributed by atoms with Crippen molar-refractivity contribution >= 4 is 17.3 Å². The van der Waals surface area contributed by atoms with Gasteiger partial charge >= 0.3 is 0 Å². The van der Waals surface area contributed by atoms with E-state index in [2.05, 4.69) is 39.3 Å². The third kappa shape index (κ3) is 5.19. The minimum atomic E-state index is 0.375. The van der Waals surface area contributed by atoms with E-state index in [9.17, 15) is 5.21 Å².